The van der Waals surface area contributed by atoms with E-state index in [1.54, 1.807) is 6.20 Å². The lowest BCUT2D eigenvalue weighted by atomic mass is 10.3. The van der Waals surface area contributed by atoms with Gasteiger partial charge in [-0.05, 0) is 36.7 Å². The molecule has 134 valence electrons. The van der Waals surface area contributed by atoms with Gasteiger partial charge in [-0.1, -0.05) is 0 Å². The maximum atomic E-state index is 12.8. The Balaban J connectivity index is 1.85. The number of nitrogens with one attached hydrogen (secondary N) is 1. The monoisotopic (exact) mass is 408 g/mol. The molecule has 1 aliphatic heterocycles. The summed E-state index contributed by atoms with van der Waals surface area (Å²) < 4.78 is 7.76. The number of anilines is 2. The van der Waals surface area contributed by atoms with E-state index in [1.165, 1.54) is 0 Å². The average molecular weight is 409 g/mol. The SMILES string of the molecule is CCn1nc(C)c(NC(=O)c2nc(N3CCOCC3)ncc2Br)c1C. The van der Waals surface area contributed by atoms with E-state index in [1.807, 2.05) is 30.4 Å². The number of carbonyl (C=O) groups excluding carboxylic acids is 1. The third-order valence-corrected chi connectivity index (χ3v) is 4.74. The molecule has 0 aromatic carbocycles. The summed E-state index contributed by atoms with van der Waals surface area (Å²) in [6.07, 6.45) is 1.61. The molecule has 8 nitrogen and oxygen atoms in total. The second-order valence-corrected chi connectivity index (χ2v) is 6.64. The van der Waals surface area contributed by atoms with E-state index in [2.05, 4.69) is 36.3 Å². The number of hydrogen-bond donors (Lipinski definition) is 1. The molecule has 1 amide bonds. The van der Waals surface area contributed by atoms with Crippen LogP contribution in [0.15, 0.2) is 10.7 Å². The topological polar surface area (TPSA) is 85.2 Å². The number of amides is 1. The Bertz CT molecular complexity index is 785. The van der Waals surface area contributed by atoms with Crippen LogP contribution in [0.1, 0.15) is 28.8 Å². The minimum absolute atomic E-state index is 0.286. The van der Waals surface area contributed by atoms with Crippen LogP contribution in [0.3, 0.4) is 0 Å². The van der Waals surface area contributed by atoms with Gasteiger partial charge < -0.3 is 15.0 Å². The molecule has 0 radical (unpaired) electrons. The summed E-state index contributed by atoms with van der Waals surface area (Å²) in [6.45, 7) is 9.28. The molecule has 3 rings (SSSR count). The molecular weight excluding hydrogens is 388 g/mol. The minimum Gasteiger partial charge on any atom is -0.378 e. The molecule has 9 heteroatoms. The lowest BCUT2D eigenvalue weighted by Gasteiger charge is -2.26. The van der Waals surface area contributed by atoms with Crippen molar-refractivity contribution in [1.29, 1.82) is 0 Å². The molecule has 0 unspecified atom stereocenters. The van der Waals surface area contributed by atoms with Gasteiger partial charge in [0.2, 0.25) is 5.95 Å². The van der Waals surface area contributed by atoms with Gasteiger partial charge in [-0.15, -0.1) is 0 Å². The summed E-state index contributed by atoms with van der Waals surface area (Å²) in [5.74, 6) is 0.250. The average Bonchev–Trinajstić information content (AvgIpc) is 2.90. The summed E-state index contributed by atoms with van der Waals surface area (Å²) in [4.78, 5) is 23.5. The Morgan fingerprint density at radius 1 is 1.36 bits per heavy atom. The van der Waals surface area contributed by atoms with Crippen LogP contribution in [0.25, 0.3) is 0 Å². The fraction of sp³-hybridized carbons (Fsp3) is 0.500. The van der Waals surface area contributed by atoms with Crippen molar-refractivity contribution in [3.05, 3.63) is 27.8 Å². The van der Waals surface area contributed by atoms with Crippen LogP contribution < -0.4 is 10.2 Å². The first-order valence-electron chi connectivity index (χ1n) is 8.21. The normalized spacial score (nSPS) is 14.6. The fourth-order valence-corrected chi connectivity index (χ4v) is 3.16. The van der Waals surface area contributed by atoms with E-state index >= 15 is 0 Å². The highest BCUT2D eigenvalue weighted by atomic mass is 79.9. The van der Waals surface area contributed by atoms with Gasteiger partial charge >= 0.3 is 0 Å². The Morgan fingerprint density at radius 2 is 2.08 bits per heavy atom. The summed E-state index contributed by atoms with van der Waals surface area (Å²) in [5.41, 5.74) is 2.74. The van der Waals surface area contributed by atoms with E-state index in [9.17, 15) is 4.79 Å². The van der Waals surface area contributed by atoms with Gasteiger partial charge in [-0.2, -0.15) is 5.10 Å². The summed E-state index contributed by atoms with van der Waals surface area (Å²) in [7, 11) is 0. The van der Waals surface area contributed by atoms with Crippen LogP contribution in [-0.4, -0.2) is 52.0 Å². The molecule has 1 saturated heterocycles. The Hall–Kier alpha value is -2.00. The zero-order valence-electron chi connectivity index (χ0n) is 14.5. The number of rotatable bonds is 4. The zero-order valence-corrected chi connectivity index (χ0v) is 16.1. The Morgan fingerprint density at radius 3 is 2.72 bits per heavy atom. The van der Waals surface area contributed by atoms with Crippen molar-refractivity contribution in [2.45, 2.75) is 27.3 Å². The summed E-state index contributed by atoms with van der Waals surface area (Å²) in [6, 6.07) is 0. The second-order valence-electron chi connectivity index (χ2n) is 5.78. The van der Waals surface area contributed by atoms with Gasteiger partial charge in [0.1, 0.15) is 5.69 Å². The summed E-state index contributed by atoms with van der Waals surface area (Å²) >= 11 is 3.37. The molecule has 0 aliphatic carbocycles. The molecule has 0 bridgehead atoms. The van der Waals surface area contributed by atoms with Crippen molar-refractivity contribution in [3.8, 4) is 0 Å². The second kappa shape index (κ2) is 7.49. The smallest absolute Gasteiger partial charge is 0.275 e. The summed E-state index contributed by atoms with van der Waals surface area (Å²) in [5, 5.41) is 7.36. The number of aromatic nitrogens is 4. The number of carbonyl (C=O) groups is 1. The van der Waals surface area contributed by atoms with Gasteiger partial charge in [0, 0.05) is 25.8 Å². The van der Waals surface area contributed by atoms with Crippen molar-refractivity contribution in [2.75, 3.05) is 36.5 Å². The van der Waals surface area contributed by atoms with Gasteiger partial charge in [-0.3, -0.25) is 9.48 Å². The maximum absolute atomic E-state index is 12.8. The molecule has 0 saturated carbocycles. The van der Waals surface area contributed by atoms with Crippen molar-refractivity contribution in [1.82, 2.24) is 19.7 Å². The number of nitrogens with zero attached hydrogens (tertiary/aromatic N) is 5. The zero-order chi connectivity index (χ0) is 18.0. The first-order valence-corrected chi connectivity index (χ1v) is 9.01. The predicted octanol–water partition coefficient (Wildman–Crippen LogP) is 2.16. The molecule has 0 spiro atoms. The van der Waals surface area contributed by atoms with E-state index in [0.717, 1.165) is 23.6 Å². The highest BCUT2D eigenvalue weighted by molar-refractivity contribution is 9.10. The van der Waals surface area contributed by atoms with Crippen LogP contribution in [-0.2, 0) is 11.3 Å². The van der Waals surface area contributed by atoms with Crippen LogP contribution in [0, 0.1) is 13.8 Å². The maximum Gasteiger partial charge on any atom is 0.275 e. The number of aryl methyl sites for hydroxylation is 2. The lowest BCUT2D eigenvalue weighted by Crippen LogP contribution is -2.37. The third kappa shape index (κ3) is 3.67. The van der Waals surface area contributed by atoms with E-state index < -0.39 is 0 Å². The highest BCUT2D eigenvalue weighted by Gasteiger charge is 2.21. The van der Waals surface area contributed by atoms with E-state index in [-0.39, 0.29) is 5.91 Å². The number of hydrogen-bond acceptors (Lipinski definition) is 6. The highest BCUT2D eigenvalue weighted by Crippen LogP contribution is 2.23. The molecule has 25 heavy (non-hydrogen) atoms. The molecule has 0 atom stereocenters. The quantitative estimate of drug-likeness (QED) is 0.833. The number of halogens is 1. The Labute approximate surface area is 154 Å². The number of ether oxygens (including phenoxy) is 1. The molecule has 2 aromatic rings. The molecule has 1 N–H and O–H groups in total. The van der Waals surface area contributed by atoms with E-state index in [4.69, 9.17) is 4.74 Å². The fourth-order valence-electron chi connectivity index (χ4n) is 2.79. The molecule has 3 heterocycles. The molecule has 1 aliphatic rings. The first kappa shape index (κ1) is 17.8. The van der Waals surface area contributed by atoms with Crippen LogP contribution in [0.2, 0.25) is 0 Å². The predicted molar refractivity (Wildman–Crippen MR) is 98.1 cm³/mol. The van der Waals surface area contributed by atoms with Gasteiger partial charge in [0.25, 0.3) is 5.91 Å². The minimum atomic E-state index is -0.286. The molecule has 1 fully saturated rings. The van der Waals surface area contributed by atoms with Crippen LogP contribution >= 0.6 is 15.9 Å². The van der Waals surface area contributed by atoms with Crippen molar-refractivity contribution >= 4 is 33.5 Å². The lowest BCUT2D eigenvalue weighted by molar-refractivity contribution is 0.102. The standard InChI is InChI=1S/C16H21BrN6O2/c1-4-23-11(3)13(10(2)21-23)19-15(24)14-12(17)9-18-16(20-14)22-5-7-25-8-6-22/h9H,4-8H2,1-3H3,(H,19,24). The van der Waals surface area contributed by atoms with Crippen molar-refractivity contribution in [3.63, 3.8) is 0 Å². The van der Waals surface area contributed by atoms with Crippen LogP contribution in [0.4, 0.5) is 11.6 Å². The third-order valence-electron chi connectivity index (χ3n) is 4.16. The number of morpholine rings is 1. The van der Waals surface area contributed by atoms with Crippen LogP contribution in [0.5, 0.6) is 0 Å². The largest absolute Gasteiger partial charge is 0.378 e. The molecular formula is C16H21BrN6O2. The van der Waals surface area contributed by atoms with Gasteiger partial charge in [0.05, 0.1) is 34.8 Å². The Kier molecular flexibility index (Phi) is 5.33. The van der Waals surface area contributed by atoms with Crippen molar-refractivity contribution < 1.29 is 9.53 Å². The van der Waals surface area contributed by atoms with Crippen molar-refractivity contribution in [2.24, 2.45) is 0 Å². The molecule has 2 aromatic heterocycles. The van der Waals surface area contributed by atoms with E-state index in [0.29, 0.717) is 42.4 Å². The van der Waals surface area contributed by atoms with Gasteiger partial charge in [-0.25, -0.2) is 9.97 Å². The first-order chi connectivity index (χ1) is 12.0. The van der Waals surface area contributed by atoms with Gasteiger partial charge in [0.15, 0.2) is 0 Å².